The molecule has 0 saturated heterocycles. The van der Waals surface area contributed by atoms with Crippen LogP contribution in [0, 0.1) is 11.3 Å². The number of benzene rings is 1. The number of nitriles is 1. The molecule has 0 aromatic heterocycles. The third-order valence-corrected chi connectivity index (χ3v) is 3.67. The van der Waals surface area contributed by atoms with Crippen molar-refractivity contribution in [3.05, 3.63) is 35.4 Å². The van der Waals surface area contributed by atoms with Crippen LogP contribution in [0.25, 0.3) is 0 Å². The Balaban J connectivity index is 1.86. The van der Waals surface area contributed by atoms with E-state index in [0.717, 1.165) is 12.8 Å². The van der Waals surface area contributed by atoms with E-state index in [2.05, 4.69) is 11.4 Å². The number of hydrogen-bond donors (Lipinski definition) is 1. The third kappa shape index (κ3) is 3.70. The summed E-state index contributed by atoms with van der Waals surface area (Å²) in [6.45, 7) is -0.433. The molecule has 1 saturated carbocycles. The Hall–Kier alpha value is -2.68. The monoisotopic (exact) mass is 300 g/mol. The molecule has 2 rings (SSSR count). The molecule has 1 N–H and O–H groups in total. The number of hydrogen-bond acceptors (Lipinski definition) is 5. The van der Waals surface area contributed by atoms with Crippen LogP contribution in [-0.2, 0) is 9.53 Å². The first kappa shape index (κ1) is 15.7. The molecule has 0 bridgehead atoms. The van der Waals surface area contributed by atoms with Crippen LogP contribution in [0.1, 0.15) is 46.4 Å². The first-order valence-corrected chi connectivity index (χ1v) is 7.03. The molecule has 0 atom stereocenters. The van der Waals surface area contributed by atoms with E-state index in [1.165, 1.54) is 24.3 Å². The Labute approximate surface area is 128 Å². The van der Waals surface area contributed by atoms with Crippen molar-refractivity contribution in [3.63, 3.8) is 0 Å². The molecule has 1 aliphatic rings. The Morgan fingerprint density at radius 3 is 2.45 bits per heavy atom. The molecule has 1 aliphatic carbocycles. The van der Waals surface area contributed by atoms with Gasteiger partial charge in [0.05, 0.1) is 11.6 Å². The highest BCUT2D eigenvalue weighted by Crippen LogP contribution is 2.28. The zero-order valence-electron chi connectivity index (χ0n) is 12.0. The maximum absolute atomic E-state index is 11.8. The van der Waals surface area contributed by atoms with Gasteiger partial charge in [-0.25, -0.2) is 4.79 Å². The van der Waals surface area contributed by atoms with E-state index in [-0.39, 0.29) is 5.56 Å². The van der Waals surface area contributed by atoms with Crippen LogP contribution in [0.3, 0.4) is 0 Å². The highest BCUT2D eigenvalue weighted by Gasteiger charge is 2.35. The summed E-state index contributed by atoms with van der Waals surface area (Å²) in [5, 5.41) is 11.8. The van der Waals surface area contributed by atoms with Gasteiger partial charge in [-0.15, -0.1) is 0 Å². The molecule has 6 nitrogen and oxygen atoms in total. The predicted molar refractivity (Wildman–Crippen MR) is 77.1 cm³/mol. The second-order valence-corrected chi connectivity index (χ2v) is 5.27. The van der Waals surface area contributed by atoms with Crippen molar-refractivity contribution in [2.75, 3.05) is 6.61 Å². The van der Waals surface area contributed by atoms with Gasteiger partial charge in [-0.05, 0) is 37.8 Å². The van der Waals surface area contributed by atoms with Crippen molar-refractivity contribution < 1.29 is 19.1 Å². The first-order valence-electron chi connectivity index (χ1n) is 7.03. The average molecular weight is 300 g/mol. The van der Waals surface area contributed by atoms with Gasteiger partial charge in [0.2, 0.25) is 0 Å². The number of carbonyl (C=O) groups is 3. The molecule has 6 heteroatoms. The maximum atomic E-state index is 11.8. The molecule has 1 amide bonds. The van der Waals surface area contributed by atoms with E-state index in [0.29, 0.717) is 24.7 Å². The number of nitrogens with one attached hydrogen (secondary N) is 1. The standard InChI is InChI=1S/C16H16N2O4/c17-11-16(7-1-2-8-16)18-14(20)10-22-15(21)13-5-3-12(9-19)4-6-13/h3-6,9H,1-2,7-8,10H2,(H,18,20). The SMILES string of the molecule is N#CC1(NC(=O)COC(=O)c2ccc(C=O)cc2)CCCC1. The summed E-state index contributed by atoms with van der Waals surface area (Å²) in [4.78, 5) is 34.1. The van der Waals surface area contributed by atoms with Crippen LogP contribution in [0.4, 0.5) is 0 Å². The van der Waals surface area contributed by atoms with E-state index in [1.807, 2.05) is 0 Å². The highest BCUT2D eigenvalue weighted by molar-refractivity contribution is 5.92. The maximum Gasteiger partial charge on any atom is 0.338 e. The van der Waals surface area contributed by atoms with Gasteiger partial charge >= 0.3 is 5.97 Å². The summed E-state index contributed by atoms with van der Waals surface area (Å²) in [6.07, 6.45) is 3.71. The molecule has 0 aliphatic heterocycles. The number of aldehydes is 1. The minimum absolute atomic E-state index is 0.259. The number of rotatable bonds is 5. The number of amides is 1. The Morgan fingerprint density at radius 1 is 1.27 bits per heavy atom. The molecule has 0 radical (unpaired) electrons. The molecule has 22 heavy (non-hydrogen) atoms. The number of carbonyl (C=O) groups excluding carboxylic acids is 3. The molecule has 0 heterocycles. The third-order valence-electron chi connectivity index (χ3n) is 3.67. The van der Waals surface area contributed by atoms with Crippen molar-refractivity contribution in [1.29, 1.82) is 5.26 Å². The summed E-state index contributed by atoms with van der Waals surface area (Å²) in [6, 6.07) is 8.03. The molecule has 1 aromatic carbocycles. The Morgan fingerprint density at radius 2 is 1.91 bits per heavy atom. The summed E-state index contributed by atoms with van der Waals surface area (Å²) in [7, 11) is 0. The molecule has 1 aromatic rings. The van der Waals surface area contributed by atoms with Gasteiger partial charge in [0, 0.05) is 5.56 Å². The fourth-order valence-electron chi connectivity index (χ4n) is 2.46. The fraction of sp³-hybridized carbons (Fsp3) is 0.375. The van der Waals surface area contributed by atoms with Crippen molar-refractivity contribution in [3.8, 4) is 6.07 Å². The van der Waals surface area contributed by atoms with Gasteiger partial charge in [-0.3, -0.25) is 9.59 Å². The summed E-state index contributed by atoms with van der Waals surface area (Å²) < 4.78 is 4.91. The van der Waals surface area contributed by atoms with Crippen LogP contribution in [-0.4, -0.2) is 30.3 Å². The summed E-state index contributed by atoms with van der Waals surface area (Å²) in [5.74, 6) is -1.13. The van der Waals surface area contributed by atoms with Crippen molar-refractivity contribution in [2.45, 2.75) is 31.2 Å². The van der Waals surface area contributed by atoms with Crippen molar-refractivity contribution in [1.82, 2.24) is 5.32 Å². The second-order valence-electron chi connectivity index (χ2n) is 5.27. The van der Waals surface area contributed by atoms with Gasteiger partial charge in [-0.2, -0.15) is 5.26 Å². The van der Waals surface area contributed by atoms with Crippen LogP contribution in [0.2, 0.25) is 0 Å². The summed E-state index contributed by atoms with van der Waals surface area (Å²) in [5.41, 5.74) is -0.115. The van der Waals surface area contributed by atoms with Gasteiger partial charge in [0.25, 0.3) is 5.91 Å². The lowest BCUT2D eigenvalue weighted by atomic mass is 10.00. The van der Waals surface area contributed by atoms with Crippen LogP contribution >= 0.6 is 0 Å². The van der Waals surface area contributed by atoms with Gasteiger partial charge in [0.15, 0.2) is 6.61 Å². The van der Waals surface area contributed by atoms with E-state index >= 15 is 0 Å². The second kappa shape index (κ2) is 6.85. The lowest BCUT2D eigenvalue weighted by molar-refractivity contribution is -0.125. The van der Waals surface area contributed by atoms with Crippen LogP contribution < -0.4 is 5.32 Å². The Kier molecular flexibility index (Phi) is 4.89. The van der Waals surface area contributed by atoms with Gasteiger partial charge in [-0.1, -0.05) is 12.1 Å². The van der Waals surface area contributed by atoms with Gasteiger partial charge in [0.1, 0.15) is 11.8 Å². The molecular formula is C16H16N2O4. The van der Waals surface area contributed by atoms with Crippen molar-refractivity contribution >= 4 is 18.2 Å². The predicted octanol–water partition coefficient (Wildman–Crippen LogP) is 1.61. The fourth-order valence-corrected chi connectivity index (χ4v) is 2.46. The molecule has 114 valence electrons. The average Bonchev–Trinajstić information content (AvgIpc) is 3.01. The number of nitrogens with zero attached hydrogens (tertiary/aromatic N) is 1. The normalized spacial score (nSPS) is 15.6. The van der Waals surface area contributed by atoms with Gasteiger partial charge < -0.3 is 10.1 Å². The molecule has 1 fully saturated rings. The molecule has 0 unspecified atom stereocenters. The van der Waals surface area contributed by atoms with E-state index in [1.54, 1.807) is 0 Å². The lowest BCUT2D eigenvalue weighted by Crippen LogP contribution is -2.46. The minimum atomic E-state index is -0.824. The largest absolute Gasteiger partial charge is 0.452 e. The summed E-state index contributed by atoms with van der Waals surface area (Å²) >= 11 is 0. The quantitative estimate of drug-likeness (QED) is 0.658. The smallest absolute Gasteiger partial charge is 0.338 e. The topological polar surface area (TPSA) is 96.3 Å². The minimum Gasteiger partial charge on any atom is -0.452 e. The van der Waals surface area contributed by atoms with Crippen LogP contribution in [0.15, 0.2) is 24.3 Å². The zero-order chi connectivity index (χ0) is 16.0. The molecule has 0 spiro atoms. The van der Waals surface area contributed by atoms with E-state index in [9.17, 15) is 14.4 Å². The first-order chi connectivity index (χ1) is 10.6. The van der Waals surface area contributed by atoms with Crippen LogP contribution in [0.5, 0.6) is 0 Å². The van der Waals surface area contributed by atoms with E-state index in [4.69, 9.17) is 10.00 Å². The van der Waals surface area contributed by atoms with Crippen molar-refractivity contribution in [2.24, 2.45) is 0 Å². The Bertz CT molecular complexity index is 610. The lowest BCUT2D eigenvalue weighted by Gasteiger charge is -2.21. The zero-order valence-corrected chi connectivity index (χ0v) is 12.0. The van der Waals surface area contributed by atoms with E-state index < -0.39 is 24.0 Å². The highest BCUT2D eigenvalue weighted by atomic mass is 16.5. The number of esters is 1. The number of ether oxygens (including phenoxy) is 1. The molecular weight excluding hydrogens is 284 g/mol.